The minimum absolute atomic E-state index is 0.644. The lowest BCUT2D eigenvalue weighted by molar-refractivity contribution is 0.122. The summed E-state index contributed by atoms with van der Waals surface area (Å²) in [5.74, 6) is 2.14. The number of ether oxygens (including phenoxy) is 1. The van der Waals surface area contributed by atoms with Crippen LogP contribution in [0.25, 0.3) is 0 Å². The van der Waals surface area contributed by atoms with Gasteiger partial charge in [0.05, 0.1) is 13.2 Å². The fraction of sp³-hybridized carbons (Fsp3) is 0.483. The Kier molecular flexibility index (Phi) is 9.10. The number of hydrogen-bond acceptors (Lipinski definition) is 9. The maximum absolute atomic E-state index is 5.57. The standard InChI is InChI=1S/C29H40N8O/c1-2-15-34(25-10-5-3-6-11-25)18-14-30-27-31-28(33-29(32-27)37-21-23-38-24-22-37)36-17-9-16-35(19-20-36)26-12-7-4-8-13-26/h3-8,10-13H,2,9,14-24H2,1H3,(H,30,31,32,33). The summed E-state index contributed by atoms with van der Waals surface area (Å²) >= 11 is 0. The van der Waals surface area contributed by atoms with E-state index in [-0.39, 0.29) is 0 Å². The zero-order valence-electron chi connectivity index (χ0n) is 22.5. The molecule has 2 aliphatic heterocycles. The van der Waals surface area contributed by atoms with Crippen LogP contribution < -0.4 is 24.9 Å². The van der Waals surface area contributed by atoms with Crippen molar-refractivity contribution in [2.45, 2.75) is 19.8 Å². The van der Waals surface area contributed by atoms with E-state index >= 15 is 0 Å². The molecular weight excluding hydrogens is 476 g/mol. The van der Waals surface area contributed by atoms with Gasteiger partial charge in [0.25, 0.3) is 0 Å². The van der Waals surface area contributed by atoms with Gasteiger partial charge in [-0.05, 0) is 37.1 Å². The van der Waals surface area contributed by atoms with Gasteiger partial charge in [-0.2, -0.15) is 15.0 Å². The van der Waals surface area contributed by atoms with Crippen LogP contribution in [0.15, 0.2) is 60.7 Å². The van der Waals surface area contributed by atoms with Gasteiger partial charge in [0, 0.05) is 70.3 Å². The Morgan fingerprint density at radius 2 is 1.37 bits per heavy atom. The molecule has 0 amide bonds. The van der Waals surface area contributed by atoms with Gasteiger partial charge < -0.3 is 29.7 Å². The molecule has 38 heavy (non-hydrogen) atoms. The predicted molar refractivity (Wildman–Crippen MR) is 156 cm³/mol. The summed E-state index contributed by atoms with van der Waals surface area (Å²) < 4.78 is 5.57. The van der Waals surface area contributed by atoms with Gasteiger partial charge in [0.15, 0.2) is 0 Å². The SMILES string of the molecule is CCCN(CCNc1nc(N2CCOCC2)nc(N2CCCN(c3ccccc3)CC2)n1)c1ccccc1. The second kappa shape index (κ2) is 13.3. The summed E-state index contributed by atoms with van der Waals surface area (Å²) in [4.78, 5) is 24.1. The number of morpholine rings is 1. The van der Waals surface area contributed by atoms with Gasteiger partial charge in [-0.1, -0.05) is 43.3 Å². The molecule has 0 unspecified atom stereocenters. The maximum atomic E-state index is 5.57. The molecule has 9 heteroatoms. The average Bonchev–Trinajstić information content (AvgIpc) is 3.25. The first-order valence-corrected chi connectivity index (χ1v) is 14.0. The third-order valence-electron chi connectivity index (χ3n) is 7.09. The highest BCUT2D eigenvalue weighted by atomic mass is 16.5. The summed E-state index contributed by atoms with van der Waals surface area (Å²) in [6.07, 6.45) is 2.15. The summed E-state index contributed by atoms with van der Waals surface area (Å²) in [6, 6.07) is 21.3. The number of nitrogens with one attached hydrogen (secondary N) is 1. The highest BCUT2D eigenvalue weighted by Gasteiger charge is 2.22. The van der Waals surface area contributed by atoms with Crippen molar-refractivity contribution in [3.05, 3.63) is 60.7 Å². The molecule has 0 saturated carbocycles. The monoisotopic (exact) mass is 516 g/mol. The minimum Gasteiger partial charge on any atom is -0.378 e. The van der Waals surface area contributed by atoms with Gasteiger partial charge in [0.1, 0.15) is 0 Å². The van der Waals surface area contributed by atoms with Crippen LogP contribution in [-0.2, 0) is 4.74 Å². The normalized spacial score (nSPS) is 16.3. The molecule has 0 spiro atoms. The van der Waals surface area contributed by atoms with E-state index in [0.717, 1.165) is 83.6 Å². The van der Waals surface area contributed by atoms with Gasteiger partial charge in [0.2, 0.25) is 17.8 Å². The van der Waals surface area contributed by atoms with Crippen LogP contribution in [0.4, 0.5) is 29.2 Å². The van der Waals surface area contributed by atoms with E-state index in [1.54, 1.807) is 0 Å². The molecule has 0 atom stereocenters. The molecule has 202 valence electrons. The zero-order valence-corrected chi connectivity index (χ0v) is 22.5. The van der Waals surface area contributed by atoms with Crippen LogP contribution in [0, 0.1) is 0 Å². The number of anilines is 5. The predicted octanol–water partition coefficient (Wildman–Crippen LogP) is 3.75. The Balaban J connectivity index is 1.30. The number of para-hydroxylation sites is 2. The average molecular weight is 517 g/mol. The summed E-state index contributed by atoms with van der Waals surface area (Å²) in [5.41, 5.74) is 2.52. The summed E-state index contributed by atoms with van der Waals surface area (Å²) in [5, 5.41) is 3.51. The highest BCUT2D eigenvalue weighted by Crippen LogP contribution is 2.21. The Labute approximate surface area is 226 Å². The molecule has 3 heterocycles. The lowest BCUT2D eigenvalue weighted by Gasteiger charge is -2.29. The molecule has 0 radical (unpaired) electrons. The van der Waals surface area contributed by atoms with Gasteiger partial charge in [-0.25, -0.2) is 0 Å². The van der Waals surface area contributed by atoms with Gasteiger partial charge in [-0.3, -0.25) is 0 Å². The molecule has 2 saturated heterocycles. The van der Waals surface area contributed by atoms with E-state index in [4.69, 9.17) is 19.7 Å². The van der Waals surface area contributed by atoms with Crippen molar-refractivity contribution in [1.82, 2.24) is 15.0 Å². The van der Waals surface area contributed by atoms with Crippen molar-refractivity contribution in [2.75, 3.05) is 97.0 Å². The molecule has 1 N–H and O–H groups in total. The molecule has 3 aromatic rings. The minimum atomic E-state index is 0.644. The molecule has 0 aliphatic carbocycles. The van der Waals surface area contributed by atoms with Gasteiger partial charge in [-0.15, -0.1) is 0 Å². The Morgan fingerprint density at radius 1 is 0.737 bits per heavy atom. The van der Waals surface area contributed by atoms with E-state index in [9.17, 15) is 0 Å². The van der Waals surface area contributed by atoms with Crippen molar-refractivity contribution in [3.8, 4) is 0 Å². The Bertz CT molecular complexity index is 1110. The van der Waals surface area contributed by atoms with E-state index in [1.165, 1.54) is 11.4 Å². The number of hydrogen-bond donors (Lipinski definition) is 1. The van der Waals surface area contributed by atoms with Crippen LogP contribution in [-0.4, -0.2) is 87.1 Å². The fourth-order valence-corrected chi connectivity index (χ4v) is 5.08. The smallest absolute Gasteiger partial charge is 0.232 e. The fourth-order valence-electron chi connectivity index (χ4n) is 5.08. The van der Waals surface area contributed by atoms with Crippen molar-refractivity contribution in [3.63, 3.8) is 0 Å². The molecule has 1 aromatic heterocycles. The molecule has 9 nitrogen and oxygen atoms in total. The van der Waals surface area contributed by atoms with Crippen LogP contribution in [0.5, 0.6) is 0 Å². The molecular formula is C29H40N8O. The van der Waals surface area contributed by atoms with E-state index < -0.39 is 0 Å². The quantitative estimate of drug-likeness (QED) is 0.434. The Hall–Kier alpha value is -3.59. The van der Waals surface area contributed by atoms with Gasteiger partial charge >= 0.3 is 0 Å². The molecule has 2 fully saturated rings. The second-order valence-corrected chi connectivity index (χ2v) is 9.77. The van der Waals surface area contributed by atoms with Crippen molar-refractivity contribution >= 4 is 29.2 Å². The van der Waals surface area contributed by atoms with Crippen LogP contribution in [0.1, 0.15) is 19.8 Å². The highest BCUT2D eigenvalue weighted by molar-refractivity contribution is 5.50. The second-order valence-electron chi connectivity index (χ2n) is 9.77. The third kappa shape index (κ3) is 6.83. The van der Waals surface area contributed by atoms with E-state index in [0.29, 0.717) is 19.2 Å². The molecule has 2 aliphatic rings. The third-order valence-corrected chi connectivity index (χ3v) is 7.09. The summed E-state index contributed by atoms with van der Waals surface area (Å²) in [7, 11) is 0. The lowest BCUT2D eigenvalue weighted by Crippen LogP contribution is -2.38. The zero-order chi connectivity index (χ0) is 26.0. The largest absolute Gasteiger partial charge is 0.378 e. The van der Waals surface area contributed by atoms with Crippen molar-refractivity contribution in [2.24, 2.45) is 0 Å². The number of aromatic nitrogens is 3. The van der Waals surface area contributed by atoms with Crippen LogP contribution in [0.2, 0.25) is 0 Å². The Morgan fingerprint density at radius 3 is 2.08 bits per heavy atom. The first kappa shape index (κ1) is 26.0. The lowest BCUT2D eigenvalue weighted by atomic mass is 10.2. The van der Waals surface area contributed by atoms with E-state index in [1.807, 2.05) is 0 Å². The maximum Gasteiger partial charge on any atom is 0.232 e. The first-order valence-electron chi connectivity index (χ1n) is 14.0. The molecule has 0 bridgehead atoms. The van der Waals surface area contributed by atoms with E-state index in [2.05, 4.69) is 92.5 Å². The van der Waals surface area contributed by atoms with Crippen molar-refractivity contribution in [1.29, 1.82) is 0 Å². The molecule has 2 aromatic carbocycles. The first-order chi connectivity index (χ1) is 18.8. The summed E-state index contributed by atoms with van der Waals surface area (Å²) in [6.45, 7) is 11.6. The molecule has 5 rings (SSSR count). The number of benzene rings is 2. The van der Waals surface area contributed by atoms with Crippen molar-refractivity contribution < 1.29 is 4.74 Å². The number of rotatable bonds is 10. The van der Waals surface area contributed by atoms with Crippen LogP contribution in [0.3, 0.4) is 0 Å². The number of nitrogens with zero attached hydrogens (tertiary/aromatic N) is 7. The topological polar surface area (TPSA) is 72.9 Å². The van der Waals surface area contributed by atoms with Crippen LogP contribution >= 0.6 is 0 Å².